The number of anilines is 2. The van der Waals surface area contributed by atoms with Gasteiger partial charge in [0.2, 0.25) is 0 Å². The summed E-state index contributed by atoms with van der Waals surface area (Å²) in [5.41, 5.74) is 8.51. The summed E-state index contributed by atoms with van der Waals surface area (Å²) < 4.78 is 18.0. The normalized spacial score (nSPS) is 14.0. The first-order valence-corrected chi connectivity index (χ1v) is 22.4. The number of nitrogens with one attached hydrogen (secondary N) is 1. The Kier molecular flexibility index (Phi) is 18.3. The number of carbonyl (C=O) groups is 3. The van der Waals surface area contributed by atoms with Gasteiger partial charge in [-0.1, -0.05) is 71.4 Å². The number of rotatable bonds is 8. The van der Waals surface area contributed by atoms with E-state index in [1.54, 1.807) is 62.2 Å². The van der Waals surface area contributed by atoms with Crippen LogP contribution >= 0.6 is 11.3 Å². The molecule has 2 aliphatic rings. The van der Waals surface area contributed by atoms with E-state index in [2.05, 4.69) is 37.1 Å². The van der Waals surface area contributed by atoms with Crippen LogP contribution in [-0.2, 0) is 4.74 Å². The molecule has 2 aliphatic heterocycles. The van der Waals surface area contributed by atoms with Crippen molar-refractivity contribution in [2.24, 2.45) is 11.3 Å². The highest BCUT2D eigenvalue weighted by Gasteiger charge is 2.31. The minimum atomic E-state index is -0.237. The van der Waals surface area contributed by atoms with Gasteiger partial charge in [-0.2, -0.15) is 0 Å². The van der Waals surface area contributed by atoms with Crippen LogP contribution in [0.5, 0.6) is 0 Å². The fourth-order valence-corrected chi connectivity index (χ4v) is 8.52. The number of hydrogen-bond donors (Lipinski definition) is 1. The maximum absolute atomic E-state index is 13.7. The van der Waals surface area contributed by atoms with Crippen molar-refractivity contribution < 1.29 is 23.5 Å². The summed E-state index contributed by atoms with van der Waals surface area (Å²) in [7, 11) is 0. The molecule has 4 heterocycles. The first-order valence-electron chi connectivity index (χ1n) is 21.6. The van der Waals surface area contributed by atoms with Gasteiger partial charge in [0.05, 0.1) is 16.1 Å². The van der Waals surface area contributed by atoms with E-state index in [1.807, 2.05) is 76.2 Å². The van der Waals surface area contributed by atoms with Gasteiger partial charge in [-0.3, -0.25) is 19.4 Å². The number of nitrogens with zero attached hydrogens (tertiary/aromatic N) is 2. The topological polar surface area (TPSA) is 88.6 Å². The number of ether oxygens (including phenoxy) is 1. The highest BCUT2D eigenvalue weighted by molar-refractivity contribution is 7.15. The van der Waals surface area contributed by atoms with Crippen LogP contribution in [0.15, 0.2) is 91.1 Å². The fraction of sp³-hybridized carbons (Fsp3) is 0.385. The molecule has 324 valence electrons. The van der Waals surface area contributed by atoms with E-state index in [1.165, 1.54) is 43.1 Å². The monoisotopic (exact) mass is 845 g/mol. The van der Waals surface area contributed by atoms with Crippen LogP contribution in [0.3, 0.4) is 0 Å². The largest absolute Gasteiger partial charge is 0.381 e. The Morgan fingerprint density at radius 1 is 0.918 bits per heavy atom. The van der Waals surface area contributed by atoms with Gasteiger partial charge in [-0.05, 0) is 160 Å². The summed E-state index contributed by atoms with van der Waals surface area (Å²) in [5, 5.41) is 2.90. The van der Waals surface area contributed by atoms with E-state index in [0.717, 1.165) is 62.4 Å². The number of benzene rings is 3. The molecular formula is C52H64FN3O4S. The van der Waals surface area contributed by atoms with E-state index in [0.29, 0.717) is 40.9 Å². The smallest absolute Gasteiger partial charge is 0.258 e. The van der Waals surface area contributed by atoms with Crippen LogP contribution in [0.1, 0.15) is 137 Å². The zero-order chi connectivity index (χ0) is 44.7. The number of amides is 2. The molecule has 3 aromatic carbocycles. The van der Waals surface area contributed by atoms with E-state index in [9.17, 15) is 18.8 Å². The minimum absolute atomic E-state index is 0.0537. The summed E-state index contributed by atoms with van der Waals surface area (Å²) in [6, 6.07) is 25.5. The lowest BCUT2D eigenvalue weighted by molar-refractivity contribution is 0.00189. The van der Waals surface area contributed by atoms with Gasteiger partial charge >= 0.3 is 0 Å². The van der Waals surface area contributed by atoms with Crippen LogP contribution in [0, 0.1) is 44.8 Å². The number of halogens is 1. The summed E-state index contributed by atoms with van der Waals surface area (Å²) in [6.45, 7) is 22.4. The van der Waals surface area contributed by atoms with Crippen LogP contribution in [0.2, 0.25) is 0 Å². The Morgan fingerprint density at radius 2 is 1.61 bits per heavy atom. The van der Waals surface area contributed by atoms with Gasteiger partial charge in [0.1, 0.15) is 5.82 Å². The van der Waals surface area contributed by atoms with Crippen molar-refractivity contribution in [1.29, 1.82) is 0 Å². The molecule has 5 aromatic rings. The predicted molar refractivity (Wildman–Crippen MR) is 252 cm³/mol. The quantitative estimate of drug-likeness (QED) is 0.157. The molecule has 0 bridgehead atoms. The minimum Gasteiger partial charge on any atom is -0.381 e. The van der Waals surface area contributed by atoms with Crippen LogP contribution in [-0.4, -0.2) is 42.3 Å². The first kappa shape index (κ1) is 48.4. The molecule has 2 amide bonds. The Hall–Kier alpha value is -5.25. The number of fused-ring (bicyclic) bond motifs is 1. The van der Waals surface area contributed by atoms with Crippen molar-refractivity contribution in [3.05, 3.63) is 146 Å². The number of ketones is 1. The summed E-state index contributed by atoms with van der Waals surface area (Å²) >= 11 is 1.48. The lowest BCUT2D eigenvalue weighted by Gasteiger charge is -2.37. The number of aryl methyl sites for hydroxylation is 3. The molecule has 1 N–H and O–H groups in total. The maximum Gasteiger partial charge on any atom is 0.258 e. The number of pyridine rings is 1. The van der Waals surface area contributed by atoms with Crippen molar-refractivity contribution in [3.8, 4) is 0 Å². The molecule has 0 saturated carbocycles. The summed E-state index contributed by atoms with van der Waals surface area (Å²) in [6.07, 6.45) is 9.77. The number of aromatic nitrogens is 1. The number of thiophene rings is 1. The molecule has 0 atom stereocenters. The molecule has 2 aromatic heterocycles. The zero-order valence-corrected chi connectivity index (χ0v) is 38.6. The second-order valence-corrected chi connectivity index (χ2v) is 17.2. The van der Waals surface area contributed by atoms with Gasteiger partial charge in [-0.25, -0.2) is 4.39 Å². The molecule has 0 spiro atoms. The highest BCUT2D eigenvalue weighted by Crippen LogP contribution is 2.40. The van der Waals surface area contributed by atoms with Crippen LogP contribution in [0.25, 0.3) is 11.6 Å². The van der Waals surface area contributed by atoms with Crippen LogP contribution < -0.4 is 10.2 Å². The van der Waals surface area contributed by atoms with Gasteiger partial charge in [-0.15, -0.1) is 11.3 Å². The predicted octanol–water partition coefficient (Wildman–Crippen LogP) is 13.5. The van der Waals surface area contributed by atoms with E-state index >= 15 is 0 Å². The maximum atomic E-state index is 13.7. The van der Waals surface area contributed by atoms with Gasteiger partial charge in [0.15, 0.2) is 5.78 Å². The highest BCUT2D eigenvalue weighted by atomic mass is 32.1. The molecule has 1 saturated heterocycles. The second kappa shape index (κ2) is 23.1. The molecule has 7 nitrogen and oxygen atoms in total. The van der Waals surface area contributed by atoms with Crippen molar-refractivity contribution in [3.63, 3.8) is 0 Å². The molecule has 0 unspecified atom stereocenters. The molecule has 1 fully saturated rings. The third-order valence-corrected chi connectivity index (χ3v) is 12.5. The van der Waals surface area contributed by atoms with Gasteiger partial charge in [0.25, 0.3) is 11.8 Å². The zero-order valence-electron chi connectivity index (χ0n) is 37.8. The van der Waals surface area contributed by atoms with Crippen LogP contribution in [0.4, 0.5) is 15.8 Å². The van der Waals surface area contributed by atoms with E-state index in [4.69, 9.17) is 4.74 Å². The number of hydrogen-bond acceptors (Lipinski definition) is 6. The van der Waals surface area contributed by atoms with Crippen molar-refractivity contribution in [1.82, 2.24) is 4.98 Å². The van der Waals surface area contributed by atoms with E-state index in [-0.39, 0.29) is 23.4 Å². The van der Waals surface area contributed by atoms with Gasteiger partial charge < -0.3 is 15.0 Å². The average Bonchev–Trinajstić information content (AvgIpc) is 3.68. The Morgan fingerprint density at radius 3 is 2.21 bits per heavy atom. The number of Topliss-reactive ketones (excluding diaryl/α,β-unsaturated/α-hetero) is 1. The fourth-order valence-electron chi connectivity index (χ4n) is 7.58. The lowest BCUT2D eigenvalue weighted by atomic mass is 9.72. The molecule has 7 rings (SSSR count). The third kappa shape index (κ3) is 13.4. The molecule has 0 aliphatic carbocycles. The molecule has 0 radical (unpaired) electrons. The molecule has 61 heavy (non-hydrogen) atoms. The molecule has 9 heteroatoms. The average molecular weight is 846 g/mol. The third-order valence-electron chi connectivity index (χ3n) is 11.2. The number of para-hydroxylation sites is 1. The second-order valence-electron chi connectivity index (χ2n) is 16.1. The van der Waals surface area contributed by atoms with E-state index < -0.39 is 0 Å². The SMILES string of the molecule is CC.CC(=O)c1ccc(C2=Cc3ccccc3N(C(=O)c3ccc(NC(=O)c4cc(C)cnc4C)cc3)CC2)s1.CCC1(CC(C)C)CCOCC1.Cc1cccc(F)c1C. The Balaban J connectivity index is 0.000000289. The summed E-state index contributed by atoms with van der Waals surface area (Å²) in [5.74, 6) is 0.426. The Bertz CT molecular complexity index is 2250. The standard InChI is InChI=1S/C31H27N3O3S.C11H22O.C8H9F.C2H6/c1-19-16-26(20(2)32-18-19)30(36)33-25-10-8-22(9-11-25)31(37)34-15-14-24(17-23-6-4-5-7-27(23)34)29-13-12-28(38-29)21(3)35;1-4-11(9-10(2)3)5-7-12-8-6-11;1-6-4-3-5-8(9)7(6)2;1-2/h4-13,16-18H,14-15H2,1-3H3,(H,33,36);10H,4-9H2,1-3H3;3-5H,1-2H3;1-2H3. The first-order chi connectivity index (χ1) is 29.2. The summed E-state index contributed by atoms with van der Waals surface area (Å²) in [4.78, 5) is 46.1. The van der Waals surface area contributed by atoms with Crippen molar-refractivity contribution >= 4 is 52.0 Å². The van der Waals surface area contributed by atoms with Gasteiger partial charge in [0, 0.05) is 47.8 Å². The Labute approximate surface area is 367 Å². The lowest BCUT2D eigenvalue weighted by Crippen LogP contribution is -2.32. The van der Waals surface area contributed by atoms with Crippen molar-refractivity contribution in [2.45, 2.75) is 101 Å². The molecular weight excluding hydrogens is 782 g/mol. The van der Waals surface area contributed by atoms with Crippen molar-refractivity contribution in [2.75, 3.05) is 30.0 Å². The number of carbonyl (C=O) groups excluding carboxylic acids is 3.